The first-order chi connectivity index (χ1) is 13.0. The number of anilines is 1. The molecule has 2 N–H and O–H groups in total. The van der Waals surface area contributed by atoms with Gasteiger partial charge >= 0.3 is 6.61 Å². The average molecular weight is 507 g/mol. The molecular weight excluding hydrogens is 483 g/mol. The SMILES string of the molecule is CCOc1cc(NC(=NC)NCc2cccc(OC(F)F)c2)ccc1OC.I. The maximum absolute atomic E-state index is 12.3. The van der Waals surface area contributed by atoms with Gasteiger partial charge in [0.2, 0.25) is 0 Å². The summed E-state index contributed by atoms with van der Waals surface area (Å²) in [6.07, 6.45) is 0. The van der Waals surface area contributed by atoms with Crippen LogP contribution in [0.25, 0.3) is 0 Å². The Morgan fingerprint density at radius 1 is 1.14 bits per heavy atom. The maximum atomic E-state index is 12.3. The summed E-state index contributed by atoms with van der Waals surface area (Å²) in [6, 6.07) is 11.9. The van der Waals surface area contributed by atoms with Gasteiger partial charge in [-0.25, -0.2) is 0 Å². The van der Waals surface area contributed by atoms with E-state index in [0.717, 1.165) is 11.3 Å². The van der Waals surface area contributed by atoms with Crippen molar-refractivity contribution in [1.29, 1.82) is 0 Å². The van der Waals surface area contributed by atoms with E-state index in [-0.39, 0.29) is 29.7 Å². The van der Waals surface area contributed by atoms with E-state index in [9.17, 15) is 8.78 Å². The molecule has 0 aliphatic rings. The zero-order chi connectivity index (χ0) is 19.6. The van der Waals surface area contributed by atoms with Gasteiger partial charge in [-0.3, -0.25) is 4.99 Å². The molecule has 0 saturated carbocycles. The summed E-state index contributed by atoms with van der Waals surface area (Å²) in [4.78, 5) is 4.16. The van der Waals surface area contributed by atoms with Gasteiger partial charge in [-0.1, -0.05) is 12.1 Å². The molecule has 0 fully saturated rings. The smallest absolute Gasteiger partial charge is 0.387 e. The first-order valence-corrected chi connectivity index (χ1v) is 8.38. The Bertz CT molecular complexity index is 776. The predicted molar refractivity (Wildman–Crippen MR) is 116 cm³/mol. The Balaban J connectivity index is 0.00000392. The molecule has 2 rings (SSSR count). The van der Waals surface area contributed by atoms with Crippen LogP contribution in [0.3, 0.4) is 0 Å². The predicted octanol–water partition coefficient (Wildman–Crippen LogP) is 4.50. The van der Waals surface area contributed by atoms with Gasteiger partial charge in [0.15, 0.2) is 17.5 Å². The molecule has 0 atom stereocenters. The number of guanidine groups is 1. The molecule has 0 heterocycles. The highest BCUT2D eigenvalue weighted by Gasteiger charge is 2.08. The summed E-state index contributed by atoms with van der Waals surface area (Å²) in [5.74, 6) is 1.89. The van der Waals surface area contributed by atoms with Crippen LogP contribution in [0, 0.1) is 0 Å². The van der Waals surface area contributed by atoms with Crippen molar-refractivity contribution in [2.24, 2.45) is 4.99 Å². The summed E-state index contributed by atoms with van der Waals surface area (Å²) < 4.78 is 39.9. The van der Waals surface area contributed by atoms with Crippen LogP contribution in [0.1, 0.15) is 12.5 Å². The third-order valence-electron chi connectivity index (χ3n) is 3.53. The molecule has 0 aliphatic heterocycles. The molecule has 2 aromatic rings. The third kappa shape index (κ3) is 7.37. The highest BCUT2D eigenvalue weighted by atomic mass is 127. The van der Waals surface area contributed by atoms with E-state index < -0.39 is 6.61 Å². The number of aliphatic imine (C=N–C) groups is 1. The molecular formula is C19H24F2IN3O3. The minimum Gasteiger partial charge on any atom is -0.493 e. The van der Waals surface area contributed by atoms with Crippen LogP contribution < -0.4 is 24.8 Å². The number of hydrogen-bond donors (Lipinski definition) is 2. The van der Waals surface area contributed by atoms with Crippen LogP contribution in [0.4, 0.5) is 14.5 Å². The molecule has 0 radical (unpaired) electrons. The van der Waals surface area contributed by atoms with Crippen molar-refractivity contribution < 1.29 is 23.0 Å². The average Bonchev–Trinajstić information content (AvgIpc) is 2.65. The number of hydrogen-bond acceptors (Lipinski definition) is 4. The summed E-state index contributed by atoms with van der Waals surface area (Å²) in [6.45, 7) is -0.0538. The van der Waals surface area contributed by atoms with Gasteiger partial charge in [-0.05, 0) is 36.8 Å². The van der Waals surface area contributed by atoms with Crippen molar-refractivity contribution in [3.05, 3.63) is 48.0 Å². The maximum Gasteiger partial charge on any atom is 0.387 e. The lowest BCUT2D eigenvalue weighted by atomic mass is 10.2. The van der Waals surface area contributed by atoms with E-state index in [1.165, 1.54) is 6.07 Å². The second-order valence-electron chi connectivity index (χ2n) is 5.38. The minimum atomic E-state index is -2.85. The van der Waals surface area contributed by atoms with Crippen molar-refractivity contribution >= 4 is 35.6 Å². The molecule has 0 unspecified atom stereocenters. The second-order valence-corrected chi connectivity index (χ2v) is 5.38. The van der Waals surface area contributed by atoms with Gasteiger partial charge in [0, 0.05) is 25.3 Å². The van der Waals surface area contributed by atoms with E-state index in [2.05, 4.69) is 20.4 Å². The molecule has 2 aromatic carbocycles. The normalized spacial score (nSPS) is 10.9. The summed E-state index contributed by atoms with van der Waals surface area (Å²) in [7, 11) is 3.22. The molecule has 0 spiro atoms. The van der Waals surface area contributed by atoms with Crippen molar-refractivity contribution in [2.75, 3.05) is 26.1 Å². The largest absolute Gasteiger partial charge is 0.493 e. The van der Waals surface area contributed by atoms with Gasteiger partial charge in [0.05, 0.1) is 13.7 Å². The molecule has 0 saturated heterocycles. The summed E-state index contributed by atoms with van der Waals surface area (Å²) in [5, 5.41) is 6.27. The van der Waals surface area contributed by atoms with Crippen molar-refractivity contribution in [3.63, 3.8) is 0 Å². The number of alkyl halides is 2. The zero-order valence-electron chi connectivity index (χ0n) is 15.9. The molecule has 154 valence electrons. The fourth-order valence-electron chi connectivity index (χ4n) is 2.36. The lowest BCUT2D eigenvalue weighted by Gasteiger charge is -2.15. The number of nitrogens with one attached hydrogen (secondary N) is 2. The monoisotopic (exact) mass is 507 g/mol. The van der Waals surface area contributed by atoms with Crippen LogP contribution >= 0.6 is 24.0 Å². The second kappa shape index (κ2) is 12.2. The third-order valence-corrected chi connectivity index (χ3v) is 3.53. The van der Waals surface area contributed by atoms with Crippen LogP contribution in [-0.2, 0) is 6.54 Å². The van der Waals surface area contributed by atoms with Crippen molar-refractivity contribution in [1.82, 2.24) is 5.32 Å². The molecule has 0 aromatic heterocycles. The van der Waals surface area contributed by atoms with Crippen LogP contribution in [-0.4, -0.2) is 33.3 Å². The Hall–Kier alpha value is -2.30. The Labute approximate surface area is 180 Å². The molecule has 0 amide bonds. The standard InChI is InChI=1S/C19H23F2N3O3.HI/c1-4-26-17-11-14(8-9-16(17)25-3)24-19(22-2)23-12-13-6-5-7-15(10-13)27-18(20)21;/h5-11,18H,4,12H2,1-3H3,(H2,22,23,24);1H. The lowest BCUT2D eigenvalue weighted by molar-refractivity contribution is -0.0498. The van der Waals surface area contributed by atoms with Gasteiger partial charge in [0.1, 0.15) is 5.75 Å². The Morgan fingerprint density at radius 2 is 1.93 bits per heavy atom. The Kier molecular flexibility index (Phi) is 10.4. The number of nitrogens with zero attached hydrogens (tertiary/aromatic N) is 1. The van der Waals surface area contributed by atoms with Gasteiger partial charge < -0.3 is 24.8 Å². The van der Waals surface area contributed by atoms with Crippen LogP contribution in [0.15, 0.2) is 47.5 Å². The van der Waals surface area contributed by atoms with Crippen molar-refractivity contribution in [3.8, 4) is 17.2 Å². The van der Waals surface area contributed by atoms with E-state index >= 15 is 0 Å². The first kappa shape index (κ1) is 23.7. The van der Waals surface area contributed by atoms with Gasteiger partial charge in [-0.2, -0.15) is 8.78 Å². The number of benzene rings is 2. The highest BCUT2D eigenvalue weighted by Crippen LogP contribution is 2.30. The topological polar surface area (TPSA) is 64.1 Å². The number of ether oxygens (including phenoxy) is 3. The van der Waals surface area contributed by atoms with E-state index in [4.69, 9.17) is 9.47 Å². The molecule has 28 heavy (non-hydrogen) atoms. The molecule has 6 nitrogen and oxygen atoms in total. The Morgan fingerprint density at radius 3 is 2.57 bits per heavy atom. The summed E-state index contributed by atoms with van der Waals surface area (Å²) in [5.41, 5.74) is 1.54. The highest BCUT2D eigenvalue weighted by molar-refractivity contribution is 14.0. The van der Waals surface area contributed by atoms with E-state index in [1.807, 2.05) is 19.1 Å². The molecule has 9 heteroatoms. The van der Waals surface area contributed by atoms with E-state index in [1.54, 1.807) is 38.4 Å². The van der Waals surface area contributed by atoms with Crippen molar-refractivity contribution in [2.45, 2.75) is 20.1 Å². The fraction of sp³-hybridized carbons (Fsp3) is 0.316. The number of halogens is 3. The first-order valence-electron chi connectivity index (χ1n) is 8.38. The minimum absolute atomic E-state index is 0. The molecule has 0 bridgehead atoms. The zero-order valence-corrected chi connectivity index (χ0v) is 18.2. The van der Waals surface area contributed by atoms with Gasteiger partial charge in [0.25, 0.3) is 0 Å². The molecule has 0 aliphatic carbocycles. The van der Waals surface area contributed by atoms with Gasteiger partial charge in [-0.15, -0.1) is 24.0 Å². The quantitative estimate of drug-likeness (QED) is 0.313. The summed E-state index contributed by atoms with van der Waals surface area (Å²) >= 11 is 0. The van der Waals surface area contributed by atoms with Crippen LogP contribution in [0.5, 0.6) is 17.2 Å². The lowest BCUT2D eigenvalue weighted by Crippen LogP contribution is -2.30. The number of rotatable bonds is 8. The number of methoxy groups -OCH3 is 1. The van der Waals surface area contributed by atoms with Crippen LogP contribution in [0.2, 0.25) is 0 Å². The van der Waals surface area contributed by atoms with E-state index in [0.29, 0.717) is 30.6 Å². The fourth-order valence-corrected chi connectivity index (χ4v) is 2.36.